The molecule has 0 aliphatic carbocycles. The van der Waals surface area contributed by atoms with E-state index in [1.54, 1.807) is 24.3 Å². The number of nitrogens with zero attached hydrogens (tertiary/aromatic N) is 1. The zero-order valence-electron chi connectivity index (χ0n) is 19.7. The lowest BCUT2D eigenvalue weighted by Crippen LogP contribution is -2.18. The molecule has 6 heteroatoms. The molecule has 0 aliphatic heterocycles. The van der Waals surface area contributed by atoms with Gasteiger partial charge in [-0.2, -0.15) is 5.26 Å². The van der Waals surface area contributed by atoms with Gasteiger partial charge >= 0.3 is 5.97 Å². The summed E-state index contributed by atoms with van der Waals surface area (Å²) in [4.78, 5) is 24.3. The van der Waals surface area contributed by atoms with Gasteiger partial charge < -0.3 is 15.2 Å². The van der Waals surface area contributed by atoms with Crippen molar-refractivity contribution < 1.29 is 19.4 Å². The van der Waals surface area contributed by atoms with E-state index in [1.807, 2.05) is 47.6 Å². The van der Waals surface area contributed by atoms with Crippen LogP contribution >= 0.6 is 0 Å². The first-order valence-electron chi connectivity index (χ1n) is 10.3. The molecule has 0 radical (unpaired) electrons. The van der Waals surface area contributed by atoms with E-state index < -0.39 is 11.9 Å². The van der Waals surface area contributed by atoms with Gasteiger partial charge in [0, 0.05) is 16.8 Å². The average molecular weight is 435 g/mol. The molecule has 1 amide bonds. The van der Waals surface area contributed by atoms with Crippen LogP contribution in [-0.2, 0) is 20.4 Å². The molecular formula is C26H30N2O4. The van der Waals surface area contributed by atoms with E-state index in [0.717, 1.165) is 11.1 Å². The maximum absolute atomic E-state index is 12.7. The fraction of sp³-hybridized carbons (Fsp3) is 0.346. The number of anilines is 1. The number of amides is 1. The van der Waals surface area contributed by atoms with Crippen LogP contribution in [0.2, 0.25) is 0 Å². The minimum Gasteiger partial charge on any atom is -0.507 e. The van der Waals surface area contributed by atoms with E-state index in [2.05, 4.69) is 10.1 Å². The number of nitriles is 1. The second-order valence-corrected chi connectivity index (χ2v) is 9.66. The van der Waals surface area contributed by atoms with Gasteiger partial charge in [0.15, 0.2) is 0 Å². The molecule has 0 spiro atoms. The molecule has 0 aliphatic rings. The summed E-state index contributed by atoms with van der Waals surface area (Å²) in [5.41, 5.74) is 2.21. The molecule has 2 N–H and O–H groups in total. The Bertz CT molecular complexity index is 1060. The zero-order valence-corrected chi connectivity index (χ0v) is 19.7. The second-order valence-electron chi connectivity index (χ2n) is 9.66. The first kappa shape index (κ1) is 24.7. The summed E-state index contributed by atoms with van der Waals surface area (Å²) in [7, 11) is 1.29. The lowest BCUT2D eigenvalue weighted by molar-refractivity contribution is -0.112. The molecule has 0 aromatic heterocycles. The van der Waals surface area contributed by atoms with Crippen LogP contribution in [0.1, 0.15) is 68.6 Å². The Balaban J connectivity index is 2.43. The second kappa shape index (κ2) is 9.27. The van der Waals surface area contributed by atoms with Crippen LogP contribution in [0.4, 0.5) is 5.69 Å². The highest BCUT2D eigenvalue weighted by Crippen LogP contribution is 2.40. The van der Waals surface area contributed by atoms with Gasteiger partial charge in [0.25, 0.3) is 5.91 Å². The molecule has 2 rings (SSSR count). The number of carbonyl (C=O) groups excluding carboxylic acids is 2. The monoisotopic (exact) mass is 434 g/mol. The lowest BCUT2D eigenvalue weighted by atomic mass is 9.78. The molecule has 2 aromatic rings. The van der Waals surface area contributed by atoms with Crippen molar-refractivity contribution in [3.8, 4) is 11.8 Å². The van der Waals surface area contributed by atoms with Crippen molar-refractivity contribution in [3.63, 3.8) is 0 Å². The molecule has 0 bridgehead atoms. The smallest absolute Gasteiger partial charge is 0.337 e. The van der Waals surface area contributed by atoms with E-state index in [-0.39, 0.29) is 22.2 Å². The number of rotatable bonds is 4. The standard InChI is InChI=1S/C26H30N2O4/c1-25(2,3)20-13-16(14-21(22(20)29)26(4,5)6)12-18(15-27)23(30)28-19-10-8-17(9-11-19)24(31)32-7/h8-14,29H,1-7H3,(H,28,30)/b18-12+. The Morgan fingerprint density at radius 1 is 1.00 bits per heavy atom. The quantitative estimate of drug-likeness (QED) is 0.385. The first-order chi connectivity index (χ1) is 14.8. The van der Waals surface area contributed by atoms with Crippen LogP contribution in [0, 0.1) is 11.3 Å². The molecular weight excluding hydrogens is 404 g/mol. The molecule has 0 heterocycles. The fourth-order valence-electron chi connectivity index (χ4n) is 3.20. The molecule has 0 fully saturated rings. The molecule has 2 aromatic carbocycles. The van der Waals surface area contributed by atoms with Crippen LogP contribution in [0.15, 0.2) is 42.0 Å². The lowest BCUT2D eigenvalue weighted by Gasteiger charge is -2.28. The molecule has 32 heavy (non-hydrogen) atoms. The molecule has 0 saturated carbocycles. The summed E-state index contributed by atoms with van der Waals surface area (Å²) in [5, 5.41) is 23.1. The SMILES string of the molecule is COC(=O)c1ccc(NC(=O)/C(C#N)=C/c2cc(C(C)(C)C)c(O)c(C(C)(C)C)c2)cc1. The number of carbonyl (C=O) groups is 2. The highest BCUT2D eigenvalue weighted by molar-refractivity contribution is 6.09. The van der Waals surface area contributed by atoms with Gasteiger partial charge in [-0.1, -0.05) is 41.5 Å². The topological polar surface area (TPSA) is 99.4 Å². The Hall–Kier alpha value is -3.59. The molecule has 0 unspecified atom stereocenters. The zero-order chi connectivity index (χ0) is 24.3. The number of hydrogen-bond donors (Lipinski definition) is 2. The summed E-state index contributed by atoms with van der Waals surface area (Å²) in [5.74, 6) is -0.811. The Morgan fingerprint density at radius 2 is 1.50 bits per heavy atom. The van der Waals surface area contributed by atoms with Crippen molar-refractivity contribution >= 4 is 23.6 Å². The third-order valence-electron chi connectivity index (χ3n) is 4.99. The summed E-state index contributed by atoms with van der Waals surface area (Å²) >= 11 is 0. The third kappa shape index (κ3) is 5.76. The Kier molecular flexibility index (Phi) is 7.15. The van der Waals surface area contributed by atoms with Gasteiger partial charge in [0.1, 0.15) is 17.4 Å². The first-order valence-corrected chi connectivity index (χ1v) is 10.3. The number of methoxy groups -OCH3 is 1. The van der Waals surface area contributed by atoms with Gasteiger partial charge in [-0.3, -0.25) is 4.79 Å². The summed E-state index contributed by atoms with van der Waals surface area (Å²) in [6.45, 7) is 12.0. The van der Waals surface area contributed by atoms with Crippen LogP contribution in [-0.4, -0.2) is 24.1 Å². The Morgan fingerprint density at radius 3 is 1.91 bits per heavy atom. The Labute approximate surface area is 189 Å². The van der Waals surface area contributed by atoms with Crippen molar-refractivity contribution in [2.45, 2.75) is 52.4 Å². The van der Waals surface area contributed by atoms with E-state index in [9.17, 15) is 20.0 Å². The van der Waals surface area contributed by atoms with Crippen molar-refractivity contribution in [3.05, 3.63) is 64.2 Å². The third-order valence-corrected chi connectivity index (χ3v) is 4.99. The van der Waals surface area contributed by atoms with Gasteiger partial charge in [-0.25, -0.2) is 4.79 Å². The van der Waals surface area contributed by atoms with E-state index in [4.69, 9.17) is 0 Å². The maximum atomic E-state index is 12.7. The number of nitrogens with one attached hydrogen (secondary N) is 1. The molecule has 0 saturated heterocycles. The van der Waals surface area contributed by atoms with Gasteiger partial charge in [-0.05, 0) is 58.9 Å². The van der Waals surface area contributed by atoms with Gasteiger partial charge in [-0.15, -0.1) is 0 Å². The number of phenolic OH excluding ortho intramolecular Hbond substituents is 1. The van der Waals surface area contributed by atoms with Gasteiger partial charge in [0.2, 0.25) is 0 Å². The number of phenols is 1. The predicted molar refractivity (Wildman–Crippen MR) is 126 cm³/mol. The van der Waals surface area contributed by atoms with E-state index >= 15 is 0 Å². The van der Waals surface area contributed by atoms with Crippen molar-refractivity contribution in [1.82, 2.24) is 0 Å². The summed E-state index contributed by atoms with van der Waals surface area (Å²) in [6.07, 6.45) is 1.52. The van der Waals surface area contributed by atoms with Crippen LogP contribution in [0.25, 0.3) is 6.08 Å². The van der Waals surface area contributed by atoms with Crippen molar-refractivity contribution in [1.29, 1.82) is 5.26 Å². The highest BCUT2D eigenvalue weighted by Gasteiger charge is 2.26. The van der Waals surface area contributed by atoms with Gasteiger partial charge in [0.05, 0.1) is 12.7 Å². The highest BCUT2D eigenvalue weighted by atomic mass is 16.5. The molecule has 168 valence electrons. The van der Waals surface area contributed by atoms with Crippen LogP contribution in [0.5, 0.6) is 5.75 Å². The van der Waals surface area contributed by atoms with Crippen LogP contribution in [0.3, 0.4) is 0 Å². The number of benzene rings is 2. The normalized spacial score (nSPS) is 12.1. The number of hydrogen-bond acceptors (Lipinski definition) is 5. The van der Waals surface area contributed by atoms with E-state index in [0.29, 0.717) is 16.8 Å². The average Bonchev–Trinajstić information content (AvgIpc) is 2.71. The number of aromatic hydroxyl groups is 1. The summed E-state index contributed by atoms with van der Waals surface area (Å²) in [6, 6.07) is 11.8. The van der Waals surface area contributed by atoms with Crippen molar-refractivity contribution in [2.24, 2.45) is 0 Å². The summed E-state index contributed by atoms with van der Waals surface area (Å²) < 4.78 is 4.66. The van der Waals surface area contributed by atoms with Crippen LogP contribution < -0.4 is 5.32 Å². The minimum absolute atomic E-state index is 0.0764. The molecule has 0 atom stereocenters. The maximum Gasteiger partial charge on any atom is 0.337 e. The largest absolute Gasteiger partial charge is 0.507 e. The number of esters is 1. The fourth-order valence-corrected chi connectivity index (χ4v) is 3.20. The van der Waals surface area contributed by atoms with Crippen molar-refractivity contribution in [2.75, 3.05) is 12.4 Å². The minimum atomic E-state index is -0.569. The number of ether oxygens (including phenoxy) is 1. The molecule has 6 nitrogen and oxygen atoms in total. The van der Waals surface area contributed by atoms with E-state index in [1.165, 1.54) is 25.3 Å². The predicted octanol–water partition coefficient (Wildman–Crippen LogP) is 5.32.